The molecule has 2 heteroatoms. The molecule has 1 N–H and O–H groups in total. The van der Waals surface area contributed by atoms with Gasteiger partial charge in [-0.3, -0.25) is 4.79 Å². The topological polar surface area (TPSA) is 29.1 Å². The van der Waals surface area contributed by atoms with E-state index in [0.29, 0.717) is 5.41 Å². The lowest BCUT2D eigenvalue weighted by Gasteiger charge is -2.56. The zero-order valence-corrected chi connectivity index (χ0v) is 15.4. The van der Waals surface area contributed by atoms with E-state index in [1.54, 1.807) is 0 Å². The van der Waals surface area contributed by atoms with Gasteiger partial charge in [-0.05, 0) is 84.8 Å². The highest BCUT2D eigenvalue weighted by Gasteiger charge is 2.51. The fourth-order valence-corrected chi connectivity index (χ4v) is 6.11. The summed E-state index contributed by atoms with van der Waals surface area (Å²) in [6.45, 7) is 6.65. The summed E-state index contributed by atoms with van der Waals surface area (Å²) in [5.74, 6) is 2.96. The van der Waals surface area contributed by atoms with Crippen LogP contribution in [0.1, 0.15) is 71.3 Å². The van der Waals surface area contributed by atoms with Gasteiger partial charge in [0.1, 0.15) is 0 Å². The lowest BCUT2D eigenvalue weighted by molar-refractivity contribution is -0.124. The van der Waals surface area contributed by atoms with Crippen LogP contribution in [-0.4, -0.2) is 5.91 Å². The van der Waals surface area contributed by atoms with Gasteiger partial charge in [-0.15, -0.1) is 0 Å². The maximum atomic E-state index is 12.7. The lowest BCUT2D eigenvalue weighted by Crippen LogP contribution is -2.47. The van der Waals surface area contributed by atoms with Crippen LogP contribution in [0.4, 0.5) is 5.69 Å². The van der Waals surface area contributed by atoms with Gasteiger partial charge in [0.2, 0.25) is 5.91 Å². The van der Waals surface area contributed by atoms with Crippen molar-refractivity contribution in [2.75, 3.05) is 5.32 Å². The molecular formula is C22H31NO. The molecule has 0 aliphatic heterocycles. The van der Waals surface area contributed by atoms with E-state index in [1.165, 1.54) is 44.1 Å². The largest absolute Gasteiger partial charge is 0.326 e. The minimum atomic E-state index is 0.154. The van der Waals surface area contributed by atoms with Crippen LogP contribution >= 0.6 is 0 Å². The van der Waals surface area contributed by atoms with E-state index in [1.807, 2.05) is 0 Å². The molecule has 0 unspecified atom stereocenters. The van der Waals surface area contributed by atoms with Crippen LogP contribution in [0.2, 0.25) is 0 Å². The Labute approximate surface area is 146 Å². The molecule has 1 aromatic rings. The highest BCUT2D eigenvalue weighted by molar-refractivity contribution is 5.91. The number of nitrogens with one attached hydrogen (secondary N) is 1. The van der Waals surface area contributed by atoms with Crippen molar-refractivity contribution in [2.24, 2.45) is 23.2 Å². The first kappa shape index (κ1) is 16.2. The average Bonchev–Trinajstić information content (AvgIpc) is 2.44. The normalized spacial score (nSPS) is 34.4. The van der Waals surface area contributed by atoms with Gasteiger partial charge < -0.3 is 5.32 Å². The molecular weight excluding hydrogens is 294 g/mol. The van der Waals surface area contributed by atoms with Crippen molar-refractivity contribution in [1.82, 2.24) is 0 Å². The summed E-state index contributed by atoms with van der Waals surface area (Å²) >= 11 is 0. The average molecular weight is 325 g/mol. The Hall–Kier alpha value is -1.31. The molecule has 0 saturated heterocycles. The van der Waals surface area contributed by atoms with E-state index in [9.17, 15) is 4.79 Å². The van der Waals surface area contributed by atoms with Crippen molar-refractivity contribution in [3.63, 3.8) is 0 Å². The lowest BCUT2D eigenvalue weighted by atomic mass is 9.49. The van der Waals surface area contributed by atoms with Gasteiger partial charge in [0.25, 0.3) is 0 Å². The molecule has 0 aromatic heterocycles. The van der Waals surface area contributed by atoms with E-state index in [-0.39, 0.29) is 11.3 Å². The molecule has 4 aliphatic carbocycles. The monoisotopic (exact) mass is 325 g/mol. The van der Waals surface area contributed by atoms with E-state index in [4.69, 9.17) is 0 Å². The van der Waals surface area contributed by atoms with Crippen molar-refractivity contribution in [1.29, 1.82) is 0 Å². The first-order valence-electron chi connectivity index (χ1n) is 9.72. The van der Waals surface area contributed by atoms with Gasteiger partial charge in [0.05, 0.1) is 0 Å². The summed E-state index contributed by atoms with van der Waals surface area (Å²) in [5, 5.41) is 3.16. The van der Waals surface area contributed by atoms with Crippen LogP contribution in [0.25, 0.3) is 0 Å². The Bertz CT molecular complexity index is 587. The van der Waals surface area contributed by atoms with E-state index >= 15 is 0 Å². The van der Waals surface area contributed by atoms with Gasteiger partial charge in [0.15, 0.2) is 0 Å². The highest BCUT2D eigenvalue weighted by atomic mass is 16.1. The molecule has 0 radical (unpaired) electrons. The van der Waals surface area contributed by atoms with E-state index < -0.39 is 0 Å². The minimum absolute atomic E-state index is 0.154. The molecule has 4 saturated carbocycles. The first-order chi connectivity index (χ1) is 11.3. The predicted molar refractivity (Wildman–Crippen MR) is 99.0 cm³/mol. The van der Waals surface area contributed by atoms with Crippen molar-refractivity contribution in [3.8, 4) is 0 Å². The molecule has 0 spiro atoms. The van der Waals surface area contributed by atoms with Crippen LogP contribution in [0.15, 0.2) is 24.3 Å². The summed E-state index contributed by atoms with van der Waals surface area (Å²) in [4.78, 5) is 12.7. The number of hydrogen-bond donors (Lipinski definition) is 1. The standard InChI is InChI=1S/C22H31NO/c1-21(2,3)18-4-6-19(7-5-18)23-20(24)14-22-11-15-8-16(12-22)10-17(9-15)13-22/h4-7,15-17H,8-14H2,1-3H3,(H,23,24). The first-order valence-corrected chi connectivity index (χ1v) is 9.72. The fraction of sp³-hybridized carbons (Fsp3) is 0.682. The molecule has 5 rings (SSSR count). The van der Waals surface area contributed by atoms with Crippen molar-refractivity contribution in [2.45, 2.75) is 71.1 Å². The minimum Gasteiger partial charge on any atom is -0.326 e. The Morgan fingerprint density at radius 1 is 1.00 bits per heavy atom. The van der Waals surface area contributed by atoms with E-state index in [2.05, 4.69) is 50.4 Å². The number of anilines is 1. The number of rotatable bonds is 3. The molecule has 2 nitrogen and oxygen atoms in total. The predicted octanol–water partition coefficient (Wildman–Crippen LogP) is 5.53. The molecule has 4 fully saturated rings. The maximum Gasteiger partial charge on any atom is 0.224 e. The van der Waals surface area contributed by atoms with Crippen molar-refractivity contribution >= 4 is 11.6 Å². The van der Waals surface area contributed by atoms with Crippen molar-refractivity contribution < 1.29 is 4.79 Å². The second kappa shape index (κ2) is 5.61. The molecule has 4 aliphatic rings. The summed E-state index contributed by atoms with van der Waals surface area (Å²) < 4.78 is 0. The fourth-order valence-electron chi connectivity index (χ4n) is 6.11. The van der Waals surface area contributed by atoms with Crippen LogP contribution in [-0.2, 0) is 10.2 Å². The summed E-state index contributed by atoms with van der Waals surface area (Å²) in [5.41, 5.74) is 2.73. The molecule has 0 heterocycles. The van der Waals surface area contributed by atoms with Gasteiger partial charge in [-0.2, -0.15) is 0 Å². The molecule has 1 aromatic carbocycles. The Balaban J connectivity index is 1.40. The number of amides is 1. The van der Waals surface area contributed by atoms with Gasteiger partial charge >= 0.3 is 0 Å². The van der Waals surface area contributed by atoms with Crippen LogP contribution in [0.3, 0.4) is 0 Å². The van der Waals surface area contributed by atoms with Crippen LogP contribution in [0.5, 0.6) is 0 Å². The molecule has 24 heavy (non-hydrogen) atoms. The van der Waals surface area contributed by atoms with Gasteiger partial charge in [0, 0.05) is 12.1 Å². The van der Waals surface area contributed by atoms with E-state index in [0.717, 1.165) is 29.9 Å². The molecule has 1 amide bonds. The number of benzene rings is 1. The van der Waals surface area contributed by atoms with Crippen LogP contribution < -0.4 is 5.32 Å². The van der Waals surface area contributed by atoms with Gasteiger partial charge in [-0.1, -0.05) is 32.9 Å². The second-order valence-corrected chi connectivity index (χ2v) is 9.97. The highest BCUT2D eigenvalue weighted by Crippen LogP contribution is 2.61. The summed E-state index contributed by atoms with van der Waals surface area (Å²) in [6, 6.07) is 8.39. The Morgan fingerprint density at radius 2 is 1.50 bits per heavy atom. The van der Waals surface area contributed by atoms with Crippen LogP contribution in [0, 0.1) is 23.2 Å². The number of carbonyl (C=O) groups excluding carboxylic acids is 1. The zero-order valence-electron chi connectivity index (χ0n) is 15.4. The second-order valence-electron chi connectivity index (χ2n) is 9.97. The molecule has 0 atom stereocenters. The maximum absolute atomic E-state index is 12.7. The third-order valence-electron chi connectivity index (χ3n) is 6.74. The molecule has 4 bridgehead atoms. The smallest absolute Gasteiger partial charge is 0.224 e. The third kappa shape index (κ3) is 3.12. The Kier molecular flexibility index (Phi) is 3.78. The summed E-state index contributed by atoms with van der Waals surface area (Å²) in [6.07, 6.45) is 8.96. The SMILES string of the molecule is CC(C)(C)c1ccc(NC(=O)CC23CC4CC(CC(C4)C2)C3)cc1. The molecule has 130 valence electrons. The van der Waals surface area contributed by atoms with Crippen molar-refractivity contribution in [3.05, 3.63) is 29.8 Å². The Morgan fingerprint density at radius 3 is 1.96 bits per heavy atom. The quantitative estimate of drug-likeness (QED) is 0.778. The number of hydrogen-bond acceptors (Lipinski definition) is 1. The third-order valence-corrected chi connectivity index (χ3v) is 6.74. The number of carbonyl (C=O) groups is 1. The van der Waals surface area contributed by atoms with Gasteiger partial charge in [-0.25, -0.2) is 0 Å². The summed E-state index contributed by atoms with van der Waals surface area (Å²) in [7, 11) is 0. The zero-order chi connectivity index (χ0) is 16.9.